The predicted molar refractivity (Wildman–Crippen MR) is 67.2 cm³/mol. The number of hydrogen-bond acceptors (Lipinski definition) is 3. The van der Waals surface area contributed by atoms with Crippen LogP contribution in [0.15, 0.2) is 30.5 Å². The Hall–Kier alpha value is -2.14. The fraction of sp³-hybridized carbons (Fsp3) is 0.231. The van der Waals surface area contributed by atoms with Crippen molar-refractivity contribution in [1.29, 1.82) is 0 Å². The molecule has 0 radical (unpaired) electrons. The van der Waals surface area contributed by atoms with Gasteiger partial charge in [-0.3, -0.25) is 9.59 Å². The van der Waals surface area contributed by atoms with E-state index in [0.717, 1.165) is 16.5 Å². The molecule has 18 heavy (non-hydrogen) atoms. The highest BCUT2D eigenvalue weighted by atomic mass is 16.4. The maximum absolute atomic E-state index is 11.5. The largest absolute Gasteiger partial charge is 0.480 e. The number of rotatable bonds is 5. The van der Waals surface area contributed by atoms with Crippen LogP contribution in [0.3, 0.4) is 0 Å². The topological polar surface area (TPSA) is 96.2 Å². The number of carboxylic acid groups (broad SMARTS) is 1. The summed E-state index contributed by atoms with van der Waals surface area (Å²) in [4.78, 5) is 25.2. The Morgan fingerprint density at radius 2 is 2.06 bits per heavy atom. The zero-order chi connectivity index (χ0) is 13.1. The molecule has 1 unspecified atom stereocenters. The molecular formula is C13H14N2O3. The zero-order valence-electron chi connectivity index (χ0n) is 9.72. The van der Waals surface area contributed by atoms with Crippen molar-refractivity contribution in [3.05, 3.63) is 36.0 Å². The van der Waals surface area contributed by atoms with E-state index < -0.39 is 17.8 Å². The number of nitrogens with one attached hydrogen (secondary N) is 1. The third kappa shape index (κ3) is 2.41. The van der Waals surface area contributed by atoms with Gasteiger partial charge < -0.3 is 15.8 Å². The van der Waals surface area contributed by atoms with Crippen molar-refractivity contribution in [1.82, 2.24) is 4.98 Å². The molecule has 0 aliphatic heterocycles. The Morgan fingerprint density at radius 3 is 2.78 bits per heavy atom. The highest BCUT2D eigenvalue weighted by Gasteiger charge is 2.20. The van der Waals surface area contributed by atoms with Crippen LogP contribution in [0.2, 0.25) is 0 Å². The van der Waals surface area contributed by atoms with E-state index in [0.29, 0.717) is 6.42 Å². The summed E-state index contributed by atoms with van der Waals surface area (Å²) in [6.07, 6.45) is 2.46. The molecule has 2 rings (SSSR count). The van der Waals surface area contributed by atoms with Crippen molar-refractivity contribution < 1.29 is 14.7 Å². The quantitative estimate of drug-likeness (QED) is 0.688. The van der Waals surface area contributed by atoms with Crippen LogP contribution in [0.4, 0.5) is 0 Å². The van der Waals surface area contributed by atoms with E-state index in [4.69, 9.17) is 10.8 Å². The predicted octanol–water partition coefficient (Wildman–Crippen LogP) is 1.08. The summed E-state index contributed by atoms with van der Waals surface area (Å²) in [6.45, 7) is 0. The van der Waals surface area contributed by atoms with Crippen LogP contribution in [-0.2, 0) is 16.0 Å². The van der Waals surface area contributed by atoms with Gasteiger partial charge >= 0.3 is 5.97 Å². The van der Waals surface area contributed by atoms with Gasteiger partial charge in [-0.2, -0.15) is 0 Å². The fourth-order valence-electron chi connectivity index (χ4n) is 1.89. The van der Waals surface area contributed by atoms with Gasteiger partial charge in [-0.25, -0.2) is 0 Å². The molecule has 2 aromatic rings. The van der Waals surface area contributed by atoms with Gasteiger partial charge in [0, 0.05) is 23.5 Å². The zero-order valence-corrected chi connectivity index (χ0v) is 9.72. The maximum atomic E-state index is 11.5. The minimum Gasteiger partial charge on any atom is -0.480 e. The molecule has 0 aliphatic rings. The van der Waals surface area contributed by atoms with Crippen molar-refractivity contribution in [3.63, 3.8) is 0 Å². The highest BCUT2D eigenvalue weighted by molar-refractivity contribution is 6.02. The van der Waals surface area contributed by atoms with E-state index >= 15 is 0 Å². The summed E-state index contributed by atoms with van der Waals surface area (Å²) in [5, 5.41) is 9.68. The Morgan fingerprint density at radius 1 is 1.33 bits per heavy atom. The van der Waals surface area contributed by atoms with E-state index in [9.17, 15) is 9.59 Å². The molecule has 4 N–H and O–H groups in total. The van der Waals surface area contributed by atoms with Gasteiger partial charge in [-0.05, 0) is 18.1 Å². The van der Waals surface area contributed by atoms with Crippen LogP contribution in [0.25, 0.3) is 10.9 Å². The van der Waals surface area contributed by atoms with Crippen molar-refractivity contribution in [2.45, 2.75) is 18.9 Å². The highest BCUT2D eigenvalue weighted by Crippen LogP contribution is 2.19. The maximum Gasteiger partial charge on any atom is 0.328 e. The minimum atomic E-state index is -1.42. The number of fused-ring (bicyclic) bond motifs is 1. The van der Waals surface area contributed by atoms with Gasteiger partial charge in [-0.15, -0.1) is 0 Å². The molecule has 5 heteroatoms. The fourth-order valence-corrected chi connectivity index (χ4v) is 1.89. The van der Waals surface area contributed by atoms with Crippen LogP contribution in [0.1, 0.15) is 12.0 Å². The lowest BCUT2D eigenvalue weighted by Gasteiger charge is -2.04. The first-order valence-corrected chi connectivity index (χ1v) is 5.65. The van der Waals surface area contributed by atoms with Crippen LogP contribution < -0.4 is 5.73 Å². The number of benzene rings is 1. The van der Waals surface area contributed by atoms with E-state index in [1.54, 1.807) is 0 Å². The lowest BCUT2D eigenvalue weighted by atomic mass is 10.0. The molecule has 94 valence electrons. The molecule has 5 nitrogen and oxygen atoms in total. The van der Waals surface area contributed by atoms with Gasteiger partial charge in [0.2, 0.25) is 0 Å². The summed E-state index contributed by atoms with van der Waals surface area (Å²) in [5.41, 5.74) is 7.25. The normalized spacial score (nSPS) is 12.5. The van der Waals surface area contributed by atoms with E-state index in [2.05, 4.69) is 4.98 Å². The SMILES string of the molecule is NC(C(=O)O)C(=O)CCc1c[nH]c2ccccc12. The second-order valence-electron chi connectivity index (χ2n) is 4.14. The summed E-state index contributed by atoms with van der Waals surface area (Å²) in [5.74, 6) is -1.73. The first-order valence-electron chi connectivity index (χ1n) is 5.65. The average Bonchev–Trinajstić information content (AvgIpc) is 2.78. The van der Waals surface area contributed by atoms with Crippen LogP contribution in [0.5, 0.6) is 0 Å². The van der Waals surface area contributed by atoms with Gasteiger partial charge in [0.15, 0.2) is 11.8 Å². The number of aromatic nitrogens is 1. The van der Waals surface area contributed by atoms with Crippen LogP contribution in [-0.4, -0.2) is 27.9 Å². The molecule has 1 aromatic carbocycles. The second-order valence-corrected chi connectivity index (χ2v) is 4.14. The van der Waals surface area contributed by atoms with Gasteiger partial charge in [0.05, 0.1) is 0 Å². The summed E-state index contributed by atoms with van der Waals surface area (Å²) < 4.78 is 0. The number of H-pyrrole nitrogens is 1. The summed E-state index contributed by atoms with van der Waals surface area (Å²) >= 11 is 0. The first-order chi connectivity index (χ1) is 8.59. The summed E-state index contributed by atoms with van der Waals surface area (Å²) in [7, 11) is 0. The molecule has 0 spiro atoms. The standard InChI is InChI=1S/C13H14N2O3/c14-12(13(17)18)11(16)6-5-8-7-15-10-4-2-1-3-9(8)10/h1-4,7,12,15H,5-6,14H2,(H,17,18). The first kappa shape index (κ1) is 12.3. The number of aryl methyl sites for hydroxylation is 1. The molecule has 0 fully saturated rings. The number of para-hydroxylation sites is 1. The van der Waals surface area contributed by atoms with Gasteiger partial charge in [0.1, 0.15) is 0 Å². The number of carboxylic acids is 1. The third-order valence-corrected chi connectivity index (χ3v) is 2.93. The van der Waals surface area contributed by atoms with Gasteiger partial charge in [-0.1, -0.05) is 18.2 Å². The smallest absolute Gasteiger partial charge is 0.328 e. The van der Waals surface area contributed by atoms with Crippen molar-refractivity contribution >= 4 is 22.7 Å². The molecule has 1 atom stereocenters. The van der Waals surface area contributed by atoms with Crippen LogP contribution in [0, 0.1) is 0 Å². The van der Waals surface area contributed by atoms with E-state index in [1.807, 2.05) is 30.5 Å². The van der Waals surface area contributed by atoms with Crippen molar-refractivity contribution in [2.24, 2.45) is 5.73 Å². The second kappa shape index (κ2) is 5.01. The molecule has 1 heterocycles. The Kier molecular flexibility index (Phi) is 3.43. The molecule has 0 bridgehead atoms. The number of carbonyl (C=O) groups excluding carboxylic acids is 1. The van der Waals surface area contributed by atoms with Gasteiger partial charge in [0.25, 0.3) is 0 Å². The molecule has 0 saturated carbocycles. The number of nitrogens with two attached hydrogens (primary N) is 1. The van der Waals surface area contributed by atoms with Crippen molar-refractivity contribution in [2.75, 3.05) is 0 Å². The monoisotopic (exact) mass is 246 g/mol. The number of Topliss-reactive ketones (excluding diaryl/α,β-unsaturated/α-hetero) is 1. The molecule has 1 aromatic heterocycles. The molecule has 0 amide bonds. The summed E-state index contributed by atoms with van der Waals surface area (Å²) in [6, 6.07) is 6.33. The van der Waals surface area contributed by atoms with E-state index in [1.165, 1.54) is 0 Å². The number of aliphatic carboxylic acids is 1. The minimum absolute atomic E-state index is 0.134. The lowest BCUT2D eigenvalue weighted by Crippen LogP contribution is -2.38. The lowest BCUT2D eigenvalue weighted by molar-refractivity contribution is -0.142. The average molecular weight is 246 g/mol. The Labute approximate surface area is 104 Å². The Bertz CT molecular complexity index is 589. The van der Waals surface area contributed by atoms with Crippen molar-refractivity contribution in [3.8, 4) is 0 Å². The molecule has 0 aliphatic carbocycles. The number of hydrogen-bond donors (Lipinski definition) is 3. The third-order valence-electron chi connectivity index (χ3n) is 2.93. The van der Waals surface area contributed by atoms with Crippen LogP contribution >= 0.6 is 0 Å². The molecule has 0 saturated heterocycles. The van der Waals surface area contributed by atoms with E-state index in [-0.39, 0.29) is 6.42 Å². The number of ketones is 1. The Balaban J connectivity index is 2.07. The number of carbonyl (C=O) groups is 2. The number of aromatic amines is 1. The molecular weight excluding hydrogens is 232 g/mol.